The molecule has 1 aliphatic heterocycles. The first-order valence-corrected chi connectivity index (χ1v) is 7.72. The fourth-order valence-electron chi connectivity index (χ4n) is 2.88. The SMILES string of the molecule is CC(CC(=O)N1CCCCC1C(=O)O)C(=O)c1cccc(F)c1. The monoisotopic (exact) mass is 321 g/mol. The van der Waals surface area contributed by atoms with E-state index in [9.17, 15) is 23.9 Å². The number of rotatable bonds is 5. The number of halogens is 1. The molecule has 1 aromatic carbocycles. The highest BCUT2D eigenvalue weighted by atomic mass is 19.1. The molecule has 0 saturated carbocycles. The van der Waals surface area contributed by atoms with Gasteiger partial charge in [-0.25, -0.2) is 9.18 Å². The number of nitrogens with zero attached hydrogens (tertiary/aromatic N) is 1. The Morgan fingerprint density at radius 1 is 1.35 bits per heavy atom. The second-order valence-corrected chi connectivity index (χ2v) is 5.92. The summed E-state index contributed by atoms with van der Waals surface area (Å²) in [7, 11) is 0. The van der Waals surface area contributed by atoms with Gasteiger partial charge in [-0.05, 0) is 31.4 Å². The van der Waals surface area contributed by atoms with Gasteiger partial charge in [0, 0.05) is 24.4 Å². The molecule has 0 bridgehead atoms. The molecule has 1 aromatic rings. The summed E-state index contributed by atoms with van der Waals surface area (Å²) in [5.74, 6) is -2.80. The van der Waals surface area contributed by atoms with Gasteiger partial charge in [-0.2, -0.15) is 0 Å². The lowest BCUT2D eigenvalue weighted by Gasteiger charge is -2.33. The summed E-state index contributed by atoms with van der Waals surface area (Å²) in [5, 5.41) is 9.21. The first-order chi connectivity index (χ1) is 10.9. The van der Waals surface area contributed by atoms with Gasteiger partial charge in [0.2, 0.25) is 5.91 Å². The fourth-order valence-corrected chi connectivity index (χ4v) is 2.88. The predicted octanol–water partition coefficient (Wildman–Crippen LogP) is 2.50. The molecule has 1 heterocycles. The molecule has 1 N–H and O–H groups in total. The van der Waals surface area contributed by atoms with E-state index in [0.717, 1.165) is 18.9 Å². The van der Waals surface area contributed by atoms with Gasteiger partial charge in [0.15, 0.2) is 5.78 Å². The van der Waals surface area contributed by atoms with Crippen LogP contribution in [0.2, 0.25) is 0 Å². The van der Waals surface area contributed by atoms with Crippen molar-refractivity contribution in [1.29, 1.82) is 0 Å². The number of carbonyl (C=O) groups excluding carboxylic acids is 2. The normalized spacial score (nSPS) is 19.2. The Labute approximate surface area is 134 Å². The molecule has 23 heavy (non-hydrogen) atoms. The van der Waals surface area contributed by atoms with E-state index in [0.29, 0.717) is 13.0 Å². The summed E-state index contributed by atoms with van der Waals surface area (Å²) in [6, 6.07) is 4.53. The molecule has 0 radical (unpaired) electrons. The third-order valence-corrected chi connectivity index (χ3v) is 4.15. The second kappa shape index (κ2) is 7.35. The lowest BCUT2D eigenvalue weighted by molar-refractivity contribution is -0.152. The van der Waals surface area contributed by atoms with E-state index in [2.05, 4.69) is 0 Å². The van der Waals surface area contributed by atoms with Crippen molar-refractivity contribution in [2.75, 3.05) is 6.54 Å². The van der Waals surface area contributed by atoms with Gasteiger partial charge in [-0.15, -0.1) is 0 Å². The highest BCUT2D eigenvalue weighted by Crippen LogP contribution is 2.21. The number of piperidine rings is 1. The summed E-state index contributed by atoms with van der Waals surface area (Å²) in [4.78, 5) is 37.2. The summed E-state index contributed by atoms with van der Waals surface area (Å²) >= 11 is 0. The summed E-state index contributed by atoms with van der Waals surface area (Å²) in [6.07, 6.45) is 1.91. The van der Waals surface area contributed by atoms with Crippen LogP contribution in [0.5, 0.6) is 0 Å². The first-order valence-electron chi connectivity index (χ1n) is 7.72. The van der Waals surface area contributed by atoms with Gasteiger partial charge in [-0.3, -0.25) is 9.59 Å². The zero-order valence-electron chi connectivity index (χ0n) is 13.0. The minimum atomic E-state index is -1.01. The molecule has 0 aliphatic carbocycles. The molecular weight excluding hydrogens is 301 g/mol. The third-order valence-electron chi connectivity index (χ3n) is 4.15. The highest BCUT2D eigenvalue weighted by molar-refractivity contribution is 5.99. The van der Waals surface area contributed by atoms with E-state index in [1.807, 2.05) is 0 Å². The molecule has 5 nitrogen and oxygen atoms in total. The molecule has 0 aromatic heterocycles. The maximum Gasteiger partial charge on any atom is 0.326 e. The molecule has 1 saturated heterocycles. The predicted molar refractivity (Wildman–Crippen MR) is 81.5 cm³/mol. The van der Waals surface area contributed by atoms with Crippen LogP contribution < -0.4 is 0 Å². The molecule has 2 atom stereocenters. The molecule has 6 heteroatoms. The molecular formula is C17H20FNO4. The Morgan fingerprint density at radius 2 is 2.09 bits per heavy atom. The molecule has 0 spiro atoms. The molecule has 1 aliphatic rings. The van der Waals surface area contributed by atoms with Crippen molar-refractivity contribution < 1.29 is 23.9 Å². The summed E-state index contributed by atoms with van der Waals surface area (Å²) in [6.45, 7) is 2.00. The first kappa shape index (κ1) is 17.1. The van der Waals surface area contributed by atoms with E-state index in [4.69, 9.17) is 0 Å². The number of likely N-dealkylation sites (tertiary alicyclic amines) is 1. The second-order valence-electron chi connectivity index (χ2n) is 5.92. The number of Topliss-reactive ketones (excluding diaryl/α,β-unsaturated/α-hetero) is 1. The van der Waals surface area contributed by atoms with Crippen molar-refractivity contribution in [2.45, 2.75) is 38.6 Å². The van der Waals surface area contributed by atoms with Crippen LogP contribution in [0.15, 0.2) is 24.3 Å². The van der Waals surface area contributed by atoms with Crippen molar-refractivity contribution >= 4 is 17.7 Å². The number of carboxylic acids is 1. The number of hydrogen-bond acceptors (Lipinski definition) is 3. The average Bonchev–Trinajstić information content (AvgIpc) is 2.53. The fraction of sp³-hybridized carbons (Fsp3) is 0.471. The van der Waals surface area contributed by atoms with Gasteiger partial charge in [0.05, 0.1) is 0 Å². The average molecular weight is 321 g/mol. The van der Waals surface area contributed by atoms with E-state index in [-0.39, 0.29) is 23.7 Å². The standard InChI is InChI=1S/C17H20FNO4/c1-11(16(21)12-5-4-6-13(18)10-12)9-15(20)19-8-3-2-7-14(19)17(22)23/h4-6,10-11,14H,2-3,7-9H2,1H3,(H,22,23). The van der Waals surface area contributed by atoms with Crippen LogP contribution in [0.1, 0.15) is 43.0 Å². The Balaban J connectivity index is 2.03. The number of carbonyl (C=O) groups is 3. The largest absolute Gasteiger partial charge is 0.480 e. The Bertz CT molecular complexity index is 616. The van der Waals surface area contributed by atoms with Crippen molar-refractivity contribution in [2.24, 2.45) is 5.92 Å². The number of carboxylic acid groups (broad SMARTS) is 1. The minimum Gasteiger partial charge on any atom is -0.480 e. The van der Waals surface area contributed by atoms with Gasteiger partial charge < -0.3 is 10.0 Å². The number of amides is 1. The van der Waals surface area contributed by atoms with Crippen molar-refractivity contribution in [3.63, 3.8) is 0 Å². The Morgan fingerprint density at radius 3 is 2.74 bits per heavy atom. The molecule has 1 amide bonds. The molecule has 124 valence electrons. The van der Waals surface area contributed by atoms with Crippen LogP contribution in [0.3, 0.4) is 0 Å². The molecule has 1 fully saturated rings. The van der Waals surface area contributed by atoms with Crippen molar-refractivity contribution in [1.82, 2.24) is 4.90 Å². The van der Waals surface area contributed by atoms with E-state index >= 15 is 0 Å². The zero-order valence-corrected chi connectivity index (χ0v) is 13.0. The van der Waals surface area contributed by atoms with Crippen LogP contribution in [0.4, 0.5) is 4.39 Å². The minimum absolute atomic E-state index is 0.0703. The maximum absolute atomic E-state index is 13.2. The van der Waals surface area contributed by atoms with E-state index in [1.54, 1.807) is 6.92 Å². The number of benzene rings is 1. The smallest absolute Gasteiger partial charge is 0.326 e. The van der Waals surface area contributed by atoms with Crippen LogP contribution >= 0.6 is 0 Å². The van der Waals surface area contributed by atoms with E-state index in [1.165, 1.54) is 23.1 Å². The highest BCUT2D eigenvalue weighted by Gasteiger charge is 2.33. The Hall–Kier alpha value is -2.24. The van der Waals surface area contributed by atoms with Crippen LogP contribution in [-0.4, -0.2) is 40.3 Å². The van der Waals surface area contributed by atoms with Crippen LogP contribution in [0, 0.1) is 11.7 Å². The van der Waals surface area contributed by atoms with Gasteiger partial charge in [0.1, 0.15) is 11.9 Å². The Kier molecular flexibility index (Phi) is 5.47. The number of aliphatic carboxylic acids is 1. The van der Waals surface area contributed by atoms with Crippen LogP contribution in [0.25, 0.3) is 0 Å². The maximum atomic E-state index is 13.2. The summed E-state index contributed by atoms with van der Waals surface area (Å²) < 4.78 is 13.2. The van der Waals surface area contributed by atoms with Gasteiger partial charge in [0.25, 0.3) is 0 Å². The topological polar surface area (TPSA) is 74.7 Å². The number of ketones is 1. The van der Waals surface area contributed by atoms with Gasteiger partial charge >= 0.3 is 5.97 Å². The molecule has 2 unspecified atom stereocenters. The zero-order chi connectivity index (χ0) is 17.0. The van der Waals surface area contributed by atoms with Crippen LogP contribution in [-0.2, 0) is 9.59 Å². The van der Waals surface area contributed by atoms with Crippen molar-refractivity contribution in [3.05, 3.63) is 35.6 Å². The number of hydrogen-bond donors (Lipinski definition) is 1. The lowest BCUT2D eigenvalue weighted by atomic mass is 9.94. The van der Waals surface area contributed by atoms with E-state index < -0.39 is 23.7 Å². The molecule has 2 rings (SSSR count). The lowest BCUT2D eigenvalue weighted by Crippen LogP contribution is -2.48. The third kappa shape index (κ3) is 4.15. The quantitative estimate of drug-likeness (QED) is 0.846. The van der Waals surface area contributed by atoms with Gasteiger partial charge in [-0.1, -0.05) is 19.1 Å². The summed E-state index contributed by atoms with van der Waals surface area (Å²) in [5.41, 5.74) is 0.221. The van der Waals surface area contributed by atoms with Crippen molar-refractivity contribution in [3.8, 4) is 0 Å².